The number of nitrogens with zero attached hydrogens (tertiary/aromatic N) is 4. The van der Waals surface area contributed by atoms with Crippen LogP contribution in [0.2, 0.25) is 5.02 Å². The number of carbonyl (C=O) groups is 2. The molecule has 2 atom stereocenters. The summed E-state index contributed by atoms with van der Waals surface area (Å²) in [6.07, 6.45) is 0. The maximum atomic E-state index is 13.0. The molecule has 2 heterocycles. The van der Waals surface area contributed by atoms with Crippen LogP contribution < -0.4 is 14.6 Å². The summed E-state index contributed by atoms with van der Waals surface area (Å²) in [4.78, 5) is 26.9. The Kier molecular flexibility index (Phi) is 3.88. The summed E-state index contributed by atoms with van der Waals surface area (Å²) in [5.41, 5.74) is 1.93. The zero-order chi connectivity index (χ0) is 18.4. The topological polar surface area (TPSA) is 74.6 Å². The fraction of sp³-hybridized carbons (Fsp3) is 0.222. The maximum absolute atomic E-state index is 13.0. The third kappa shape index (κ3) is 2.43. The standard InChI is InChI=1S/C18H15ClN4O3/c1-10-6-7-11(9-14(10)19)22-17(24)15-16(18(22)25)23(21-20-15)12-4-3-5-13(8-12)26-2/h3-9,15-16H,1-2H3/t15-,16-/m0/s1. The van der Waals surface area contributed by atoms with E-state index in [-0.39, 0.29) is 5.91 Å². The lowest BCUT2D eigenvalue weighted by Gasteiger charge is -2.21. The summed E-state index contributed by atoms with van der Waals surface area (Å²) >= 11 is 6.15. The van der Waals surface area contributed by atoms with E-state index in [1.165, 1.54) is 5.01 Å². The molecule has 2 aromatic carbocycles. The fourth-order valence-corrected chi connectivity index (χ4v) is 3.28. The van der Waals surface area contributed by atoms with Crippen molar-refractivity contribution in [3.8, 4) is 5.75 Å². The number of fused-ring (bicyclic) bond motifs is 1. The van der Waals surface area contributed by atoms with Gasteiger partial charge in [-0.3, -0.25) is 9.59 Å². The van der Waals surface area contributed by atoms with Gasteiger partial charge >= 0.3 is 0 Å². The number of anilines is 2. The summed E-state index contributed by atoms with van der Waals surface area (Å²) in [7, 11) is 1.56. The van der Waals surface area contributed by atoms with Crippen molar-refractivity contribution in [2.45, 2.75) is 19.0 Å². The number of rotatable bonds is 3. The predicted octanol–water partition coefficient (Wildman–Crippen LogP) is 3.15. The van der Waals surface area contributed by atoms with Crippen LogP contribution in [0.25, 0.3) is 0 Å². The van der Waals surface area contributed by atoms with Crippen LogP contribution >= 0.6 is 11.6 Å². The molecule has 7 nitrogen and oxygen atoms in total. The molecular formula is C18H15ClN4O3. The Bertz CT molecular complexity index is 946. The SMILES string of the molecule is COc1cccc(N2N=N[C@@H]3C(=O)N(c4ccc(C)c(Cl)c4)C(=O)[C@H]32)c1. The van der Waals surface area contributed by atoms with Crippen molar-refractivity contribution in [1.82, 2.24) is 0 Å². The first-order chi connectivity index (χ1) is 12.5. The quantitative estimate of drug-likeness (QED) is 0.778. The summed E-state index contributed by atoms with van der Waals surface area (Å²) < 4.78 is 5.21. The van der Waals surface area contributed by atoms with E-state index in [0.29, 0.717) is 22.1 Å². The Hall–Kier alpha value is -2.93. The van der Waals surface area contributed by atoms with E-state index in [0.717, 1.165) is 10.5 Å². The van der Waals surface area contributed by atoms with Crippen LogP contribution in [0.3, 0.4) is 0 Å². The van der Waals surface area contributed by atoms with Crippen molar-refractivity contribution >= 4 is 34.8 Å². The van der Waals surface area contributed by atoms with Gasteiger partial charge in [0.2, 0.25) is 0 Å². The summed E-state index contributed by atoms with van der Waals surface area (Å²) in [6.45, 7) is 1.85. The highest BCUT2D eigenvalue weighted by Gasteiger charge is 2.55. The van der Waals surface area contributed by atoms with Gasteiger partial charge in [0.1, 0.15) is 5.75 Å². The van der Waals surface area contributed by atoms with E-state index < -0.39 is 18.0 Å². The molecule has 0 N–H and O–H groups in total. The molecule has 1 saturated heterocycles. The monoisotopic (exact) mass is 370 g/mol. The molecule has 1 fully saturated rings. The number of benzene rings is 2. The third-order valence-electron chi connectivity index (χ3n) is 4.51. The first-order valence-corrected chi connectivity index (χ1v) is 8.37. The number of halogens is 1. The second-order valence-electron chi connectivity index (χ2n) is 6.09. The average Bonchev–Trinajstić information content (AvgIpc) is 3.18. The number of aryl methyl sites for hydroxylation is 1. The van der Waals surface area contributed by atoms with Crippen molar-refractivity contribution in [3.05, 3.63) is 53.1 Å². The molecule has 0 bridgehead atoms. The van der Waals surface area contributed by atoms with Crippen LogP contribution in [0.5, 0.6) is 5.75 Å². The lowest BCUT2D eigenvalue weighted by atomic mass is 10.1. The van der Waals surface area contributed by atoms with Gasteiger partial charge in [0, 0.05) is 11.1 Å². The van der Waals surface area contributed by atoms with Gasteiger partial charge in [-0.2, -0.15) is 5.11 Å². The molecular weight excluding hydrogens is 356 g/mol. The van der Waals surface area contributed by atoms with Gasteiger partial charge in [-0.1, -0.05) is 29.0 Å². The minimum Gasteiger partial charge on any atom is -0.497 e. The van der Waals surface area contributed by atoms with Gasteiger partial charge in [-0.15, -0.1) is 0 Å². The molecule has 0 saturated carbocycles. The van der Waals surface area contributed by atoms with Crippen molar-refractivity contribution in [2.75, 3.05) is 17.0 Å². The highest BCUT2D eigenvalue weighted by atomic mass is 35.5. The molecule has 2 aliphatic rings. The zero-order valence-corrected chi connectivity index (χ0v) is 14.8. The summed E-state index contributed by atoms with van der Waals surface area (Å²) in [6, 6.07) is 10.5. The van der Waals surface area contributed by atoms with E-state index in [2.05, 4.69) is 10.3 Å². The van der Waals surface area contributed by atoms with Crippen molar-refractivity contribution in [3.63, 3.8) is 0 Å². The molecule has 2 aliphatic heterocycles. The number of hydrogen-bond acceptors (Lipinski definition) is 6. The van der Waals surface area contributed by atoms with Crippen LogP contribution in [-0.4, -0.2) is 31.0 Å². The first-order valence-electron chi connectivity index (χ1n) is 7.99. The predicted molar refractivity (Wildman–Crippen MR) is 96.6 cm³/mol. The highest BCUT2D eigenvalue weighted by Crippen LogP contribution is 2.36. The Morgan fingerprint density at radius 2 is 1.88 bits per heavy atom. The Morgan fingerprint density at radius 1 is 1.08 bits per heavy atom. The first kappa shape index (κ1) is 16.5. The number of imide groups is 1. The van der Waals surface area contributed by atoms with Crippen LogP contribution in [0, 0.1) is 6.92 Å². The Morgan fingerprint density at radius 3 is 2.62 bits per heavy atom. The molecule has 8 heteroatoms. The Labute approximate surface area is 154 Å². The summed E-state index contributed by atoms with van der Waals surface area (Å²) in [5, 5.41) is 10.0. The second-order valence-corrected chi connectivity index (χ2v) is 6.49. The number of methoxy groups -OCH3 is 1. The van der Waals surface area contributed by atoms with Crippen LogP contribution in [-0.2, 0) is 9.59 Å². The van der Waals surface area contributed by atoms with Gasteiger partial charge in [0.15, 0.2) is 12.1 Å². The molecule has 26 heavy (non-hydrogen) atoms. The van der Waals surface area contributed by atoms with E-state index in [1.807, 2.05) is 6.92 Å². The molecule has 0 unspecified atom stereocenters. The molecule has 4 rings (SSSR count). The fourth-order valence-electron chi connectivity index (χ4n) is 3.10. The largest absolute Gasteiger partial charge is 0.497 e. The van der Waals surface area contributed by atoms with Crippen molar-refractivity contribution in [2.24, 2.45) is 10.3 Å². The van der Waals surface area contributed by atoms with Gasteiger partial charge in [0.05, 0.1) is 18.5 Å². The minimum atomic E-state index is -0.867. The van der Waals surface area contributed by atoms with Crippen LogP contribution in [0.15, 0.2) is 52.8 Å². The van der Waals surface area contributed by atoms with Gasteiger partial charge in [-0.25, -0.2) is 9.91 Å². The number of carbonyl (C=O) groups excluding carboxylic acids is 2. The van der Waals surface area contributed by atoms with Crippen molar-refractivity contribution < 1.29 is 14.3 Å². The second kappa shape index (κ2) is 6.10. The van der Waals surface area contributed by atoms with E-state index in [4.69, 9.17) is 16.3 Å². The Balaban J connectivity index is 1.70. The molecule has 2 amide bonds. The average molecular weight is 371 g/mol. The van der Waals surface area contributed by atoms with E-state index >= 15 is 0 Å². The smallest absolute Gasteiger partial charge is 0.263 e. The zero-order valence-electron chi connectivity index (χ0n) is 14.1. The number of hydrogen-bond donors (Lipinski definition) is 0. The molecule has 0 radical (unpaired) electrons. The third-order valence-corrected chi connectivity index (χ3v) is 4.92. The van der Waals surface area contributed by atoms with Crippen molar-refractivity contribution in [1.29, 1.82) is 0 Å². The lowest BCUT2D eigenvalue weighted by molar-refractivity contribution is -0.121. The molecule has 2 aromatic rings. The van der Waals surface area contributed by atoms with Gasteiger partial charge in [0.25, 0.3) is 11.8 Å². The number of amides is 2. The van der Waals surface area contributed by atoms with Gasteiger partial charge < -0.3 is 4.74 Å². The highest BCUT2D eigenvalue weighted by molar-refractivity contribution is 6.32. The van der Waals surface area contributed by atoms with Crippen LogP contribution in [0.1, 0.15) is 5.56 Å². The summed E-state index contributed by atoms with van der Waals surface area (Å²) in [5.74, 6) is -0.165. The van der Waals surface area contributed by atoms with E-state index in [9.17, 15) is 9.59 Å². The normalized spacial score (nSPS) is 21.5. The van der Waals surface area contributed by atoms with Crippen LogP contribution in [0.4, 0.5) is 11.4 Å². The minimum absolute atomic E-state index is 0.382. The lowest BCUT2D eigenvalue weighted by Crippen LogP contribution is -2.39. The van der Waals surface area contributed by atoms with E-state index in [1.54, 1.807) is 49.6 Å². The molecule has 0 aromatic heterocycles. The number of ether oxygens (including phenoxy) is 1. The molecule has 0 aliphatic carbocycles. The molecule has 132 valence electrons. The van der Waals surface area contributed by atoms with Gasteiger partial charge in [-0.05, 0) is 36.8 Å². The maximum Gasteiger partial charge on any atom is 0.263 e. The molecule has 0 spiro atoms.